The van der Waals surface area contributed by atoms with Crippen molar-refractivity contribution in [3.8, 4) is 0 Å². The second-order valence-corrected chi connectivity index (χ2v) is 5.10. The number of rotatable bonds is 5. The van der Waals surface area contributed by atoms with Crippen molar-refractivity contribution in [1.82, 2.24) is 30.2 Å². The van der Waals surface area contributed by atoms with Gasteiger partial charge >= 0.3 is 0 Å². The van der Waals surface area contributed by atoms with Gasteiger partial charge in [0, 0.05) is 51.7 Å². The van der Waals surface area contributed by atoms with Crippen molar-refractivity contribution in [2.45, 2.75) is 0 Å². The van der Waals surface area contributed by atoms with E-state index in [1.807, 2.05) is 6.07 Å². The zero-order valence-electron chi connectivity index (χ0n) is 12.3. The summed E-state index contributed by atoms with van der Waals surface area (Å²) in [7, 11) is 0. The highest BCUT2D eigenvalue weighted by atomic mass is 16.1. The van der Waals surface area contributed by atoms with E-state index in [9.17, 15) is 4.79 Å². The maximum atomic E-state index is 11.8. The Kier molecular flexibility index (Phi) is 4.59. The van der Waals surface area contributed by atoms with Crippen LogP contribution in [0.15, 0.2) is 31.0 Å². The van der Waals surface area contributed by atoms with Gasteiger partial charge in [-0.15, -0.1) is 0 Å². The van der Waals surface area contributed by atoms with Gasteiger partial charge in [-0.1, -0.05) is 0 Å². The Hall–Kier alpha value is -2.48. The van der Waals surface area contributed by atoms with Gasteiger partial charge in [-0.2, -0.15) is 0 Å². The van der Waals surface area contributed by atoms with Crippen LogP contribution in [-0.2, 0) is 0 Å². The van der Waals surface area contributed by atoms with Gasteiger partial charge < -0.3 is 15.2 Å². The van der Waals surface area contributed by atoms with Gasteiger partial charge in [0.15, 0.2) is 0 Å². The van der Waals surface area contributed by atoms with Crippen LogP contribution in [-0.4, -0.2) is 70.0 Å². The van der Waals surface area contributed by atoms with Gasteiger partial charge in [0.25, 0.3) is 5.91 Å². The first-order chi connectivity index (χ1) is 10.8. The average Bonchev–Trinajstić information content (AvgIpc) is 3.11. The summed E-state index contributed by atoms with van der Waals surface area (Å²) < 4.78 is 0. The molecule has 2 aromatic rings. The van der Waals surface area contributed by atoms with E-state index < -0.39 is 0 Å². The minimum atomic E-state index is -0.117. The molecule has 0 radical (unpaired) electrons. The number of aromatic nitrogens is 4. The third-order valence-corrected chi connectivity index (χ3v) is 3.66. The molecule has 0 saturated carbocycles. The summed E-state index contributed by atoms with van der Waals surface area (Å²) in [5.41, 5.74) is 0.492. The van der Waals surface area contributed by atoms with Crippen LogP contribution in [0.1, 0.15) is 10.5 Å². The Morgan fingerprint density at radius 1 is 1.23 bits per heavy atom. The summed E-state index contributed by atoms with van der Waals surface area (Å²) in [5, 5.41) is 2.89. The third kappa shape index (κ3) is 3.59. The molecule has 8 nitrogen and oxygen atoms in total. The van der Waals surface area contributed by atoms with Crippen LogP contribution in [0.25, 0.3) is 0 Å². The summed E-state index contributed by atoms with van der Waals surface area (Å²) >= 11 is 0. The standard InChI is InChI=1S/C14H19N7O/c22-13(12-10-15-11-19-12)16-4-5-20-6-8-21(9-7-20)14-17-2-1-3-18-14/h1-3,10-11H,4-9H2,(H,15,19)(H,16,22). The normalized spacial score (nSPS) is 15.7. The number of imidazole rings is 1. The number of nitrogens with one attached hydrogen (secondary N) is 2. The predicted molar refractivity (Wildman–Crippen MR) is 81.6 cm³/mol. The lowest BCUT2D eigenvalue weighted by Gasteiger charge is -2.34. The van der Waals surface area contributed by atoms with Gasteiger partial charge in [-0.05, 0) is 6.07 Å². The van der Waals surface area contributed by atoms with Crippen molar-refractivity contribution >= 4 is 11.9 Å². The van der Waals surface area contributed by atoms with E-state index in [4.69, 9.17) is 0 Å². The van der Waals surface area contributed by atoms with E-state index >= 15 is 0 Å². The molecule has 0 aromatic carbocycles. The lowest BCUT2D eigenvalue weighted by Crippen LogP contribution is -2.49. The van der Waals surface area contributed by atoms with Crippen molar-refractivity contribution in [3.63, 3.8) is 0 Å². The monoisotopic (exact) mass is 301 g/mol. The Morgan fingerprint density at radius 3 is 2.68 bits per heavy atom. The molecule has 8 heteroatoms. The predicted octanol–water partition coefficient (Wildman–Crippen LogP) is -0.248. The average molecular weight is 301 g/mol. The number of piperazine rings is 1. The number of carbonyl (C=O) groups excluding carboxylic acids is 1. The van der Waals surface area contributed by atoms with Crippen LogP contribution in [0.5, 0.6) is 0 Å². The lowest BCUT2D eigenvalue weighted by molar-refractivity contribution is 0.0943. The molecule has 2 aromatic heterocycles. The highest BCUT2D eigenvalue weighted by Gasteiger charge is 2.18. The molecule has 0 bridgehead atoms. The first-order valence-electron chi connectivity index (χ1n) is 7.34. The third-order valence-electron chi connectivity index (χ3n) is 3.66. The molecule has 1 aliphatic rings. The number of nitrogens with zero attached hydrogens (tertiary/aromatic N) is 5. The van der Waals surface area contributed by atoms with E-state index in [1.165, 1.54) is 12.5 Å². The van der Waals surface area contributed by atoms with Crippen molar-refractivity contribution in [2.75, 3.05) is 44.2 Å². The van der Waals surface area contributed by atoms with Crippen LogP contribution >= 0.6 is 0 Å². The minimum absolute atomic E-state index is 0.117. The van der Waals surface area contributed by atoms with Crippen molar-refractivity contribution in [3.05, 3.63) is 36.7 Å². The summed E-state index contributed by atoms with van der Waals surface area (Å²) in [6, 6.07) is 1.82. The van der Waals surface area contributed by atoms with Crippen molar-refractivity contribution in [1.29, 1.82) is 0 Å². The van der Waals surface area contributed by atoms with Crippen LogP contribution in [0.2, 0.25) is 0 Å². The van der Waals surface area contributed by atoms with Gasteiger partial charge in [0.2, 0.25) is 5.95 Å². The van der Waals surface area contributed by atoms with Gasteiger partial charge in [0.05, 0.1) is 12.5 Å². The van der Waals surface area contributed by atoms with Crippen molar-refractivity contribution < 1.29 is 4.79 Å². The SMILES string of the molecule is O=C(NCCN1CCN(c2ncccn2)CC1)c1cnc[nH]1. The number of carbonyl (C=O) groups is 1. The number of hydrogen-bond donors (Lipinski definition) is 2. The Labute approximate surface area is 128 Å². The number of hydrogen-bond acceptors (Lipinski definition) is 6. The molecule has 1 fully saturated rings. The quantitative estimate of drug-likeness (QED) is 0.791. The van der Waals surface area contributed by atoms with E-state index in [0.717, 1.165) is 38.7 Å². The fourth-order valence-corrected chi connectivity index (χ4v) is 2.43. The second-order valence-electron chi connectivity index (χ2n) is 5.10. The Balaban J connectivity index is 1.38. The maximum absolute atomic E-state index is 11.8. The zero-order valence-corrected chi connectivity index (χ0v) is 12.3. The molecule has 3 heterocycles. The molecule has 0 spiro atoms. The molecular weight excluding hydrogens is 282 g/mol. The van der Waals surface area contributed by atoms with Crippen LogP contribution in [0.4, 0.5) is 5.95 Å². The topological polar surface area (TPSA) is 90.0 Å². The molecule has 3 rings (SSSR count). The fourth-order valence-electron chi connectivity index (χ4n) is 2.43. The van der Waals surface area contributed by atoms with Crippen LogP contribution in [0.3, 0.4) is 0 Å². The summed E-state index contributed by atoms with van der Waals surface area (Å²) in [6.07, 6.45) is 6.55. The van der Waals surface area contributed by atoms with Crippen LogP contribution < -0.4 is 10.2 Å². The van der Waals surface area contributed by atoms with E-state index in [1.54, 1.807) is 12.4 Å². The smallest absolute Gasteiger partial charge is 0.269 e. The summed E-state index contributed by atoms with van der Waals surface area (Å²) in [5.74, 6) is 0.670. The molecule has 0 aliphatic carbocycles. The molecular formula is C14H19N7O. The molecule has 1 aliphatic heterocycles. The first-order valence-corrected chi connectivity index (χ1v) is 7.34. The number of aromatic amines is 1. The summed E-state index contributed by atoms with van der Waals surface area (Å²) in [4.78, 5) is 31.4. The molecule has 0 atom stereocenters. The lowest BCUT2D eigenvalue weighted by atomic mass is 10.3. The van der Waals surface area contributed by atoms with E-state index in [-0.39, 0.29) is 5.91 Å². The van der Waals surface area contributed by atoms with Gasteiger partial charge in [-0.3, -0.25) is 9.69 Å². The summed E-state index contributed by atoms with van der Waals surface area (Å²) in [6.45, 7) is 5.15. The number of amides is 1. The number of H-pyrrole nitrogens is 1. The van der Waals surface area contributed by atoms with Crippen LogP contribution in [0, 0.1) is 0 Å². The molecule has 1 saturated heterocycles. The molecule has 1 amide bonds. The molecule has 2 N–H and O–H groups in total. The Bertz CT molecular complexity index is 579. The highest BCUT2D eigenvalue weighted by Crippen LogP contribution is 2.09. The largest absolute Gasteiger partial charge is 0.349 e. The Morgan fingerprint density at radius 2 is 2.00 bits per heavy atom. The fraction of sp³-hybridized carbons (Fsp3) is 0.429. The maximum Gasteiger partial charge on any atom is 0.269 e. The minimum Gasteiger partial charge on any atom is -0.349 e. The van der Waals surface area contributed by atoms with Gasteiger partial charge in [0.1, 0.15) is 5.69 Å². The molecule has 22 heavy (non-hydrogen) atoms. The van der Waals surface area contributed by atoms with E-state index in [2.05, 4.69) is 35.1 Å². The molecule has 0 unspecified atom stereocenters. The second kappa shape index (κ2) is 6.99. The van der Waals surface area contributed by atoms with Crippen molar-refractivity contribution in [2.24, 2.45) is 0 Å². The highest BCUT2D eigenvalue weighted by molar-refractivity contribution is 5.91. The first kappa shape index (κ1) is 14.5. The number of anilines is 1. The molecule has 116 valence electrons. The van der Waals surface area contributed by atoms with E-state index in [0.29, 0.717) is 12.2 Å². The zero-order chi connectivity index (χ0) is 15.2. The van der Waals surface area contributed by atoms with Gasteiger partial charge in [-0.25, -0.2) is 15.0 Å².